The summed E-state index contributed by atoms with van der Waals surface area (Å²) in [4.78, 5) is 11.6. The molecule has 13 heavy (non-hydrogen) atoms. The number of ketones is 1. The fourth-order valence-electron chi connectivity index (χ4n) is 2.21. The molecule has 0 aliphatic heterocycles. The van der Waals surface area contributed by atoms with Crippen molar-refractivity contribution in [2.24, 2.45) is 17.6 Å². The molecule has 1 saturated carbocycles. The largest absolute Gasteiger partial charge is 0.330 e. The Morgan fingerprint density at radius 3 is 2.77 bits per heavy atom. The van der Waals surface area contributed by atoms with Crippen molar-refractivity contribution in [2.75, 3.05) is 6.54 Å². The Hall–Kier alpha value is -0.630. The summed E-state index contributed by atoms with van der Waals surface area (Å²) in [6.07, 6.45) is 6.80. The summed E-state index contributed by atoms with van der Waals surface area (Å²) in [5.41, 5.74) is 5.65. The quantitative estimate of drug-likeness (QED) is 0.673. The summed E-state index contributed by atoms with van der Waals surface area (Å²) in [6.45, 7) is 4.25. The average Bonchev–Trinajstić information content (AvgIpc) is 2.18. The van der Waals surface area contributed by atoms with E-state index < -0.39 is 0 Å². The minimum absolute atomic E-state index is 0.219. The van der Waals surface area contributed by atoms with E-state index in [2.05, 4.69) is 6.58 Å². The first kappa shape index (κ1) is 10.5. The van der Waals surface area contributed by atoms with Gasteiger partial charge in [0.15, 0.2) is 0 Å². The van der Waals surface area contributed by atoms with Crippen LogP contribution >= 0.6 is 0 Å². The number of allylic oxidation sites excluding steroid dienone is 1. The lowest BCUT2D eigenvalue weighted by Gasteiger charge is -2.29. The highest BCUT2D eigenvalue weighted by molar-refractivity contribution is 5.82. The van der Waals surface area contributed by atoms with Gasteiger partial charge in [0.2, 0.25) is 0 Å². The number of hydrogen-bond donors (Lipinski definition) is 1. The molecule has 2 nitrogen and oxygen atoms in total. The lowest BCUT2D eigenvalue weighted by molar-refractivity contribution is -0.124. The third-order valence-corrected chi connectivity index (χ3v) is 2.97. The summed E-state index contributed by atoms with van der Waals surface area (Å²) in [5, 5.41) is 0. The van der Waals surface area contributed by atoms with Crippen molar-refractivity contribution in [3.05, 3.63) is 12.7 Å². The van der Waals surface area contributed by atoms with Gasteiger partial charge in [0, 0.05) is 12.3 Å². The topological polar surface area (TPSA) is 43.1 Å². The Balaban J connectivity index is 2.52. The van der Waals surface area contributed by atoms with Crippen molar-refractivity contribution in [2.45, 2.75) is 32.1 Å². The van der Waals surface area contributed by atoms with E-state index in [1.807, 2.05) is 0 Å². The summed E-state index contributed by atoms with van der Waals surface area (Å²) < 4.78 is 0. The van der Waals surface area contributed by atoms with Crippen LogP contribution in [0.5, 0.6) is 0 Å². The second-order valence-electron chi connectivity index (χ2n) is 3.85. The normalized spacial score (nSPS) is 28.4. The molecule has 2 heteroatoms. The summed E-state index contributed by atoms with van der Waals surface area (Å²) in [5.74, 6) is 0.989. The first-order valence-electron chi connectivity index (χ1n) is 5.13. The number of Topliss-reactive ketones (excluding diaryl/α,β-unsaturated/α-hetero) is 1. The molecule has 0 spiro atoms. The first-order valence-corrected chi connectivity index (χ1v) is 5.13. The van der Waals surface area contributed by atoms with Gasteiger partial charge in [-0.1, -0.05) is 18.9 Å². The van der Waals surface area contributed by atoms with Crippen LogP contribution in [-0.2, 0) is 4.79 Å². The molecule has 74 valence electrons. The van der Waals surface area contributed by atoms with Gasteiger partial charge < -0.3 is 5.73 Å². The van der Waals surface area contributed by atoms with Crippen LogP contribution in [0.1, 0.15) is 32.1 Å². The standard InChI is InChI=1S/C11H19NO/c1-2-5-11(13)10-7-4-3-6-9(10)8-12/h2,9-10H,1,3-8,12H2. The van der Waals surface area contributed by atoms with Gasteiger partial charge in [-0.3, -0.25) is 4.79 Å². The van der Waals surface area contributed by atoms with Gasteiger partial charge in [-0.15, -0.1) is 6.58 Å². The highest BCUT2D eigenvalue weighted by Gasteiger charge is 2.28. The Labute approximate surface area is 80.2 Å². The van der Waals surface area contributed by atoms with Gasteiger partial charge in [-0.25, -0.2) is 0 Å². The third-order valence-electron chi connectivity index (χ3n) is 2.97. The van der Waals surface area contributed by atoms with Gasteiger partial charge in [-0.05, 0) is 25.3 Å². The highest BCUT2D eigenvalue weighted by atomic mass is 16.1. The van der Waals surface area contributed by atoms with Crippen LogP contribution in [0.15, 0.2) is 12.7 Å². The van der Waals surface area contributed by atoms with Crippen molar-refractivity contribution in [3.8, 4) is 0 Å². The molecule has 1 aliphatic carbocycles. The third kappa shape index (κ3) is 2.66. The van der Waals surface area contributed by atoms with E-state index >= 15 is 0 Å². The molecule has 0 saturated heterocycles. The van der Waals surface area contributed by atoms with E-state index in [1.54, 1.807) is 6.08 Å². The molecule has 0 aromatic rings. The number of nitrogens with two attached hydrogens (primary N) is 1. The van der Waals surface area contributed by atoms with Gasteiger partial charge in [-0.2, -0.15) is 0 Å². The molecule has 2 atom stereocenters. The van der Waals surface area contributed by atoms with Crippen LogP contribution in [0, 0.1) is 11.8 Å². The lowest BCUT2D eigenvalue weighted by Crippen LogP contribution is -2.32. The van der Waals surface area contributed by atoms with E-state index in [0.717, 1.165) is 12.8 Å². The van der Waals surface area contributed by atoms with Crippen molar-refractivity contribution in [1.82, 2.24) is 0 Å². The average molecular weight is 181 g/mol. The number of carbonyl (C=O) groups is 1. The van der Waals surface area contributed by atoms with Crippen LogP contribution in [-0.4, -0.2) is 12.3 Å². The van der Waals surface area contributed by atoms with E-state index in [-0.39, 0.29) is 5.92 Å². The van der Waals surface area contributed by atoms with Crippen LogP contribution < -0.4 is 5.73 Å². The minimum atomic E-state index is 0.219. The molecule has 1 aliphatic rings. The summed E-state index contributed by atoms with van der Waals surface area (Å²) in [7, 11) is 0. The second-order valence-corrected chi connectivity index (χ2v) is 3.85. The lowest BCUT2D eigenvalue weighted by atomic mass is 9.76. The summed E-state index contributed by atoms with van der Waals surface area (Å²) in [6, 6.07) is 0. The Morgan fingerprint density at radius 2 is 2.15 bits per heavy atom. The molecule has 0 radical (unpaired) electrons. The minimum Gasteiger partial charge on any atom is -0.330 e. The monoisotopic (exact) mass is 181 g/mol. The maximum atomic E-state index is 11.6. The van der Waals surface area contributed by atoms with E-state index in [9.17, 15) is 4.79 Å². The van der Waals surface area contributed by atoms with Crippen molar-refractivity contribution in [1.29, 1.82) is 0 Å². The molecular formula is C11H19NO. The SMILES string of the molecule is C=CCC(=O)C1CCCCC1CN. The molecule has 0 aromatic carbocycles. The number of hydrogen-bond acceptors (Lipinski definition) is 2. The van der Waals surface area contributed by atoms with Gasteiger partial charge in [0.1, 0.15) is 5.78 Å². The maximum absolute atomic E-state index is 11.6. The fraction of sp³-hybridized carbons (Fsp3) is 0.727. The Bertz CT molecular complexity index is 189. The molecule has 0 aromatic heterocycles. The molecule has 0 amide bonds. The van der Waals surface area contributed by atoms with Crippen molar-refractivity contribution >= 4 is 5.78 Å². The molecule has 2 unspecified atom stereocenters. The van der Waals surface area contributed by atoms with E-state index in [4.69, 9.17) is 5.73 Å². The molecule has 0 bridgehead atoms. The predicted octanol–water partition coefficient (Wildman–Crippen LogP) is 1.90. The first-order chi connectivity index (χ1) is 6.29. The molecule has 0 heterocycles. The zero-order valence-electron chi connectivity index (χ0n) is 8.17. The number of carbonyl (C=O) groups excluding carboxylic acids is 1. The van der Waals surface area contributed by atoms with Crippen LogP contribution in [0.25, 0.3) is 0 Å². The van der Waals surface area contributed by atoms with Crippen LogP contribution in [0.3, 0.4) is 0 Å². The maximum Gasteiger partial charge on any atom is 0.140 e. The molecule has 2 N–H and O–H groups in total. The fourth-order valence-corrected chi connectivity index (χ4v) is 2.21. The van der Waals surface area contributed by atoms with Crippen LogP contribution in [0.2, 0.25) is 0 Å². The van der Waals surface area contributed by atoms with Crippen LogP contribution in [0.4, 0.5) is 0 Å². The molecular weight excluding hydrogens is 162 g/mol. The Morgan fingerprint density at radius 1 is 1.46 bits per heavy atom. The zero-order valence-corrected chi connectivity index (χ0v) is 8.17. The zero-order chi connectivity index (χ0) is 9.68. The van der Waals surface area contributed by atoms with Crippen molar-refractivity contribution < 1.29 is 4.79 Å². The van der Waals surface area contributed by atoms with Gasteiger partial charge >= 0.3 is 0 Å². The van der Waals surface area contributed by atoms with Gasteiger partial charge in [0.25, 0.3) is 0 Å². The van der Waals surface area contributed by atoms with E-state index in [0.29, 0.717) is 24.7 Å². The highest BCUT2D eigenvalue weighted by Crippen LogP contribution is 2.30. The van der Waals surface area contributed by atoms with Crippen molar-refractivity contribution in [3.63, 3.8) is 0 Å². The number of rotatable bonds is 4. The molecule has 1 rings (SSSR count). The molecule has 1 fully saturated rings. The summed E-state index contributed by atoms with van der Waals surface area (Å²) >= 11 is 0. The predicted molar refractivity (Wildman–Crippen MR) is 54.3 cm³/mol. The Kier molecular flexibility index (Phi) is 4.16. The van der Waals surface area contributed by atoms with E-state index in [1.165, 1.54) is 12.8 Å². The second kappa shape index (κ2) is 5.18. The smallest absolute Gasteiger partial charge is 0.140 e. The van der Waals surface area contributed by atoms with Gasteiger partial charge in [0.05, 0.1) is 0 Å².